The number of ketones is 1. The Morgan fingerprint density at radius 3 is 2.71 bits per heavy atom. The highest BCUT2D eigenvalue weighted by atomic mass is 16.6. The Labute approximate surface area is 179 Å². The van der Waals surface area contributed by atoms with Crippen molar-refractivity contribution in [2.24, 2.45) is 0 Å². The number of aryl methyl sites for hydroxylation is 2. The van der Waals surface area contributed by atoms with E-state index in [1.807, 2.05) is 19.1 Å². The van der Waals surface area contributed by atoms with Gasteiger partial charge in [-0.05, 0) is 49.8 Å². The van der Waals surface area contributed by atoms with E-state index in [1.165, 1.54) is 12.1 Å². The molecule has 0 spiro atoms. The number of nitro groups is 1. The predicted molar refractivity (Wildman–Crippen MR) is 116 cm³/mol. The van der Waals surface area contributed by atoms with Crippen molar-refractivity contribution in [2.75, 3.05) is 7.11 Å². The van der Waals surface area contributed by atoms with Crippen molar-refractivity contribution in [3.8, 4) is 11.5 Å². The molecule has 1 heterocycles. The van der Waals surface area contributed by atoms with Gasteiger partial charge in [0.15, 0.2) is 5.78 Å². The molecule has 0 radical (unpaired) electrons. The van der Waals surface area contributed by atoms with Crippen LogP contribution >= 0.6 is 0 Å². The van der Waals surface area contributed by atoms with Gasteiger partial charge in [0.1, 0.15) is 18.1 Å². The van der Waals surface area contributed by atoms with Crippen molar-refractivity contribution in [3.05, 3.63) is 87.2 Å². The van der Waals surface area contributed by atoms with Crippen LogP contribution in [0.4, 0.5) is 5.69 Å². The summed E-state index contributed by atoms with van der Waals surface area (Å²) >= 11 is 0. The molecule has 0 saturated carbocycles. The molecule has 0 atom stereocenters. The second kappa shape index (κ2) is 9.71. The number of nitrogens with zero attached hydrogens (tertiary/aromatic N) is 3. The third-order valence-corrected chi connectivity index (χ3v) is 4.73. The molecule has 3 aromatic rings. The zero-order valence-corrected chi connectivity index (χ0v) is 17.6. The van der Waals surface area contributed by atoms with E-state index in [9.17, 15) is 14.9 Å². The number of benzene rings is 2. The fourth-order valence-electron chi connectivity index (χ4n) is 3.03. The monoisotopic (exact) mass is 421 g/mol. The lowest BCUT2D eigenvalue weighted by molar-refractivity contribution is -0.385. The number of rotatable bonds is 9. The van der Waals surface area contributed by atoms with E-state index < -0.39 is 4.92 Å². The van der Waals surface area contributed by atoms with Gasteiger partial charge in [-0.3, -0.25) is 19.6 Å². The lowest BCUT2D eigenvalue weighted by Crippen LogP contribution is -2.00. The van der Waals surface area contributed by atoms with Gasteiger partial charge < -0.3 is 9.47 Å². The molecule has 0 unspecified atom stereocenters. The number of allylic oxidation sites excluding steroid dienone is 1. The highest BCUT2D eigenvalue weighted by Gasteiger charge is 2.12. The van der Waals surface area contributed by atoms with Crippen molar-refractivity contribution in [1.29, 1.82) is 0 Å². The number of carbonyl (C=O) groups excluding carboxylic acids is 1. The van der Waals surface area contributed by atoms with Crippen LogP contribution in [-0.2, 0) is 13.2 Å². The summed E-state index contributed by atoms with van der Waals surface area (Å²) in [5.41, 5.74) is 2.70. The normalized spacial score (nSPS) is 10.9. The molecule has 0 fully saturated rings. The maximum Gasteiger partial charge on any atom is 0.272 e. The Balaban J connectivity index is 1.73. The third kappa shape index (κ3) is 5.36. The Morgan fingerprint density at radius 2 is 2.06 bits per heavy atom. The van der Waals surface area contributed by atoms with Gasteiger partial charge in [-0.25, -0.2) is 0 Å². The first kappa shape index (κ1) is 21.8. The minimum atomic E-state index is -0.424. The lowest BCUT2D eigenvalue weighted by atomic mass is 10.1. The molecule has 8 heteroatoms. The van der Waals surface area contributed by atoms with Crippen LogP contribution in [0.5, 0.6) is 11.5 Å². The van der Waals surface area contributed by atoms with Crippen LogP contribution in [-0.4, -0.2) is 27.6 Å². The second-order valence-corrected chi connectivity index (χ2v) is 6.85. The highest BCUT2D eigenvalue weighted by Crippen LogP contribution is 2.26. The van der Waals surface area contributed by atoms with Crippen LogP contribution in [0.2, 0.25) is 0 Å². The largest absolute Gasteiger partial charge is 0.496 e. The average Bonchev–Trinajstić information content (AvgIpc) is 3.25. The van der Waals surface area contributed by atoms with E-state index in [0.717, 1.165) is 11.1 Å². The second-order valence-electron chi connectivity index (χ2n) is 6.85. The molecule has 0 aliphatic carbocycles. The van der Waals surface area contributed by atoms with E-state index in [0.29, 0.717) is 29.2 Å². The van der Waals surface area contributed by atoms with Crippen LogP contribution in [0.15, 0.2) is 54.9 Å². The van der Waals surface area contributed by atoms with Crippen molar-refractivity contribution in [3.63, 3.8) is 0 Å². The van der Waals surface area contributed by atoms with Crippen molar-refractivity contribution >= 4 is 17.5 Å². The highest BCUT2D eigenvalue weighted by molar-refractivity contribution is 6.06. The van der Waals surface area contributed by atoms with Crippen LogP contribution in [0.25, 0.3) is 6.08 Å². The van der Waals surface area contributed by atoms with Gasteiger partial charge in [-0.2, -0.15) is 5.10 Å². The van der Waals surface area contributed by atoms with Crippen molar-refractivity contribution < 1.29 is 19.2 Å². The Hall–Kier alpha value is -3.94. The fourth-order valence-corrected chi connectivity index (χ4v) is 3.03. The molecule has 0 amide bonds. The smallest absolute Gasteiger partial charge is 0.272 e. The maximum absolute atomic E-state index is 12.3. The predicted octanol–water partition coefficient (Wildman–Crippen LogP) is 4.60. The fraction of sp³-hybridized carbons (Fsp3) is 0.217. The molecule has 8 nitrogen and oxygen atoms in total. The lowest BCUT2D eigenvalue weighted by Gasteiger charge is -2.12. The first-order valence-corrected chi connectivity index (χ1v) is 9.71. The van der Waals surface area contributed by atoms with Crippen LogP contribution in [0.1, 0.15) is 34.0 Å². The minimum absolute atomic E-state index is 0.0474. The standard InChI is InChI=1S/C23H23N3O5/c1-4-25-14-19(13-24-25)22(27)9-5-17-6-10-23(30-3)18(12-17)15-31-20-7-8-21(26(28)29)16(2)11-20/h5-14H,4,15H2,1-3H3/b9-5+. The number of nitro benzene ring substituents is 1. The molecule has 160 valence electrons. The summed E-state index contributed by atoms with van der Waals surface area (Å²) < 4.78 is 12.9. The van der Waals surface area contributed by atoms with Crippen LogP contribution < -0.4 is 9.47 Å². The van der Waals surface area contributed by atoms with Crippen LogP contribution in [0, 0.1) is 17.0 Å². The molecule has 0 bridgehead atoms. The number of carbonyl (C=O) groups is 1. The van der Waals surface area contributed by atoms with Gasteiger partial charge >= 0.3 is 0 Å². The molecule has 0 aliphatic heterocycles. The van der Waals surface area contributed by atoms with Crippen molar-refractivity contribution in [2.45, 2.75) is 27.0 Å². The summed E-state index contributed by atoms with van der Waals surface area (Å²) in [6, 6.07) is 10.1. The Kier molecular flexibility index (Phi) is 6.81. The molecule has 2 aromatic carbocycles. The van der Waals surface area contributed by atoms with Gasteiger partial charge in [0.25, 0.3) is 5.69 Å². The molecule has 0 aliphatic rings. The quantitative estimate of drug-likeness (QED) is 0.217. The van der Waals surface area contributed by atoms with E-state index in [4.69, 9.17) is 9.47 Å². The van der Waals surface area contributed by atoms with E-state index in [-0.39, 0.29) is 18.1 Å². The van der Waals surface area contributed by atoms with E-state index >= 15 is 0 Å². The van der Waals surface area contributed by atoms with Gasteiger partial charge in [-0.15, -0.1) is 0 Å². The first-order chi connectivity index (χ1) is 14.9. The summed E-state index contributed by atoms with van der Waals surface area (Å²) in [6.45, 7) is 4.53. The van der Waals surface area contributed by atoms with Gasteiger partial charge in [-0.1, -0.05) is 12.1 Å². The molecule has 3 rings (SSSR count). The number of ether oxygens (including phenoxy) is 2. The number of hydrogen-bond donors (Lipinski definition) is 0. The first-order valence-electron chi connectivity index (χ1n) is 9.71. The maximum atomic E-state index is 12.3. The van der Waals surface area contributed by atoms with Gasteiger partial charge in [0.05, 0.1) is 23.8 Å². The van der Waals surface area contributed by atoms with E-state index in [1.54, 1.807) is 55.4 Å². The molecule has 31 heavy (non-hydrogen) atoms. The SMILES string of the molecule is CCn1cc(C(=O)/C=C/c2ccc(OC)c(COc3ccc([N+](=O)[O-])c(C)c3)c2)cn1. The zero-order valence-electron chi connectivity index (χ0n) is 17.6. The molecule has 0 saturated heterocycles. The summed E-state index contributed by atoms with van der Waals surface area (Å²) in [4.78, 5) is 22.9. The van der Waals surface area contributed by atoms with Crippen LogP contribution in [0.3, 0.4) is 0 Å². The Bertz CT molecular complexity index is 1130. The number of hydrogen-bond acceptors (Lipinski definition) is 6. The molecule has 0 N–H and O–H groups in total. The summed E-state index contributed by atoms with van der Waals surface area (Å²) in [5, 5.41) is 15.1. The van der Waals surface area contributed by atoms with E-state index in [2.05, 4.69) is 5.10 Å². The summed E-state index contributed by atoms with van der Waals surface area (Å²) in [6.07, 6.45) is 6.50. The molecular formula is C23H23N3O5. The Morgan fingerprint density at radius 1 is 1.26 bits per heavy atom. The summed E-state index contributed by atoms with van der Waals surface area (Å²) in [5.74, 6) is 1.04. The number of aromatic nitrogens is 2. The zero-order chi connectivity index (χ0) is 22.4. The topological polar surface area (TPSA) is 96.5 Å². The summed E-state index contributed by atoms with van der Waals surface area (Å²) in [7, 11) is 1.57. The number of methoxy groups -OCH3 is 1. The van der Waals surface area contributed by atoms with Gasteiger partial charge in [0, 0.05) is 29.9 Å². The average molecular weight is 421 g/mol. The molecule has 1 aromatic heterocycles. The third-order valence-electron chi connectivity index (χ3n) is 4.73. The van der Waals surface area contributed by atoms with Gasteiger partial charge in [0.2, 0.25) is 0 Å². The minimum Gasteiger partial charge on any atom is -0.496 e. The van der Waals surface area contributed by atoms with Crippen molar-refractivity contribution in [1.82, 2.24) is 9.78 Å². The molecular weight excluding hydrogens is 398 g/mol.